The van der Waals surface area contributed by atoms with Crippen LogP contribution in [0, 0.1) is 6.92 Å². The van der Waals surface area contributed by atoms with Gasteiger partial charge in [-0.2, -0.15) is 4.98 Å². The highest BCUT2D eigenvalue weighted by Crippen LogP contribution is 2.18. The van der Waals surface area contributed by atoms with E-state index in [1.54, 1.807) is 7.11 Å². The van der Waals surface area contributed by atoms with Crippen LogP contribution in [0.5, 0.6) is 0 Å². The fourth-order valence-corrected chi connectivity index (χ4v) is 2.48. The first-order chi connectivity index (χ1) is 9.10. The number of aromatic nitrogens is 2. The summed E-state index contributed by atoms with van der Waals surface area (Å²) < 4.78 is 5.14. The van der Waals surface area contributed by atoms with Crippen LogP contribution in [0.1, 0.15) is 12.6 Å². The summed E-state index contributed by atoms with van der Waals surface area (Å²) >= 11 is 0. The van der Waals surface area contributed by atoms with E-state index in [4.69, 9.17) is 10.5 Å². The Morgan fingerprint density at radius 3 is 2.84 bits per heavy atom. The number of ether oxygens (including phenoxy) is 1. The van der Waals surface area contributed by atoms with Gasteiger partial charge in [0.2, 0.25) is 5.95 Å². The molecule has 1 fully saturated rings. The molecule has 1 aromatic rings. The van der Waals surface area contributed by atoms with Crippen LogP contribution in [-0.4, -0.2) is 60.8 Å². The van der Waals surface area contributed by atoms with E-state index in [-0.39, 0.29) is 0 Å². The zero-order valence-electron chi connectivity index (χ0n) is 12.0. The van der Waals surface area contributed by atoms with Gasteiger partial charge in [-0.05, 0) is 13.8 Å². The lowest BCUT2D eigenvalue weighted by atomic mass is 10.2. The third kappa shape index (κ3) is 3.54. The Labute approximate surface area is 114 Å². The molecule has 106 valence electrons. The molecule has 0 amide bonds. The van der Waals surface area contributed by atoms with Crippen LogP contribution in [0.25, 0.3) is 0 Å². The minimum absolute atomic E-state index is 0.351. The molecule has 19 heavy (non-hydrogen) atoms. The first kappa shape index (κ1) is 14.0. The van der Waals surface area contributed by atoms with Gasteiger partial charge in [0.25, 0.3) is 0 Å². The number of piperazine rings is 1. The second kappa shape index (κ2) is 6.16. The van der Waals surface area contributed by atoms with E-state index in [9.17, 15) is 0 Å². The van der Waals surface area contributed by atoms with Crippen LogP contribution in [-0.2, 0) is 4.74 Å². The average Bonchev–Trinajstić information content (AvgIpc) is 2.36. The lowest BCUT2D eigenvalue weighted by Gasteiger charge is -2.40. The number of anilines is 2. The number of rotatable bonds is 4. The zero-order valence-corrected chi connectivity index (χ0v) is 12.0. The molecule has 6 nitrogen and oxygen atoms in total. The van der Waals surface area contributed by atoms with Crippen molar-refractivity contribution in [2.24, 2.45) is 0 Å². The summed E-state index contributed by atoms with van der Waals surface area (Å²) in [4.78, 5) is 13.2. The third-order valence-electron chi connectivity index (χ3n) is 3.53. The Bertz CT molecular complexity index is 405. The minimum Gasteiger partial charge on any atom is -0.383 e. The fourth-order valence-electron chi connectivity index (χ4n) is 2.48. The van der Waals surface area contributed by atoms with E-state index in [1.807, 2.05) is 13.0 Å². The van der Waals surface area contributed by atoms with E-state index in [0.717, 1.165) is 44.3 Å². The molecule has 6 heteroatoms. The predicted octanol–water partition coefficient (Wildman–Crippen LogP) is 0.524. The van der Waals surface area contributed by atoms with Gasteiger partial charge < -0.3 is 15.4 Å². The van der Waals surface area contributed by atoms with E-state index < -0.39 is 0 Å². The summed E-state index contributed by atoms with van der Waals surface area (Å²) in [7, 11) is 1.74. The highest BCUT2D eigenvalue weighted by Gasteiger charge is 2.24. The smallest absolute Gasteiger partial charge is 0.222 e. The molecule has 0 aromatic carbocycles. The number of nitrogen functional groups attached to an aromatic ring is 1. The van der Waals surface area contributed by atoms with Crippen molar-refractivity contribution in [1.82, 2.24) is 14.9 Å². The molecule has 2 N–H and O–H groups in total. The van der Waals surface area contributed by atoms with Crippen LogP contribution >= 0.6 is 0 Å². The highest BCUT2D eigenvalue weighted by atomic mass is 16.5. The second-order valence-electron chi connectivity index (χ2n) is 5.05. The molecule has 0 aliphatic carbocycles. The molecule has 0 radical (unpaired) electrons. The maximum Gasteiger partial charge on any atom is 0.222 e. The molecule has 2 heterocycles. The molecule has 1 atom stereocenters. The molecule has 1 aromatic heterocycles. The Hall–Kier alpha value is -1.40. The Morgan fingerprint density at radius 1 is 1.42 bits per heavy atom. The van der Waals surface area contributed by atoms with Crippen molar-refractivity contribution in [1.29, 1.82) is 0 Å². The molecule has 1 aliphatic rings. The number of hydrogen-bond acceptors (Lipinski definition) is 6. The van der Waals surface area contributed by atoms with Crippen molar-refractivity contribution in [3.05, 3.63) is 11.8 Å². The number of nitrogens with two attached hydrogens (primary N) is 1. The van der Waals surface area contributed by atoms with Gasteiger partial charge in [0.05, 0.1) is 6.61 Å². The van der Waals surface area contributed by atoms with Gasteiger partial charge in [-0.15, -0.1) is 0 Å². The third-order valence-corrected chi connectivity index (χ3v) is 3.53. The van der Waals surface area contributed by atoms with Crippen molar-refractivity contribution in [2.45, 2.75) is 19.9 Å². The van der Waals surface area contributed by atoms with Crippen LogP contribution < -0.4 is 10.6 Å². The molecule has 0 spiro atoms. The monoisotopic (exact) mass is 265 g/mol. The summed E-state index contributed by atoms with van der Waals surface area (Å²) in [5, 5.41) is 0. The van der Waals surface area contributed by atoms with Gasteiger partial charge >= 0.3 is 0 Å². The first-order valence-corrected chi connectivity index (χ1v) is 6.69. The van der Waals surface area contributed by atoms with Crippen LogP contribution in [0.15, 0.2) is 6.07 Å². The zero-order chi connectivity index (χ0) is 13.8. The summed E-state index contributed by atoms with van der Waals surface area (Å²) in [6, 6.07) is 2.48. The molecule has 0 bridgehead atoms. The predicted molar refractivity (Wildman–Crippen MR) is 76.3 cm³/mol. The number of hydrogen-bond donors (Lipinski definition) is 1. The van der Waals surface area contributed by atoms with Gasteiger partial charge in [0.15, 0.2) is 0 Å². The van der Waals surface area contributed by atoms with Crippen molar-refractivity contribution in [3.8, 4) is 0 Å². The molecular formula is C13H23N5O. The van der Waals surface area contributed by atoms with Gasteiger partial charge in [0.1, 0.15) is 5.82 Å². The van der Waals surface area contributed by atoms with Crippen molar-refractivity contribution in [2.75, 3.05) is 50.5 Å². The molecule has 2 rings (SSSR count). The van der Waals surface area contributed by atoms with Crippen molar-refractivity contribution < 1.29 is 4.74 Å². The highest BCUT2D eigenvalue weighted by molar-refractivity contribution is 5.44. The van der Waals surface area contributed by atoms with E-state index in [2.05, 4.69) is 26.7 Å². The van der Waals surface area contributed by atoms with Gasteiger partial charge in [-0.1, -0.05) is 0 Å². The molecule has 1 saturated heterocycles. The van der Waals surface area contributed by atoms with E-state index >= 15 is 0 Å². The van der Waals surface area contributed by atoms with E-state index in [1.165, 1.54) is 0 Å². The van der Waals surface area contributed by atoms with Gasteiger partial charge in [-0.25, -0.2) is 4.98 Å². The molecule has 1 unspecified atom stereocenters. The maximum atomic E-state index is 5.72. The van der Waals surface area contributed by atoms with Crippen LogP contribution in [0.3, 0.4) is 0 Å². The minimum atomic E-state index is 0.351. The first-order valence-electron chi connectivity index (χ1n) is 6.69. The lowest BCUT2D eigenvalue weighted by Crippen LogP contribution is -2.53. The van der Waals surface area contributed by atoms with Gasteiger partial charge in [-0.3, -0.25) is 4.90 Å². The van der Waals surface area contributed by atoms with Crippen molar-refractivity contribution >= 4 is 11.8 Å². The normalized spacial score (nSPS) is 20.8. The maximum absolute atomic E-state index is 5.72. The Balaban J connectivity index is 2.01. The molecule has 0 saturated carbocycles. The summed E-state index contributed by atoms with van der Waals surface area (Å²) in [6.45, 7) is 8.89. The summed E-state index contributed by atoms with van der Waals surface area (Å²) in [6.07, 6.45) is 0. The van der Waals surface area contributed by atoms with E-state index in [0.29, 0.717) is 12.0 Å². The summed E-state index contributed by atoms with van der Waals surface area (Å²) in [5.74, 6) is 1.28. The topological polar surface area (TPSA) is 67.5 Å². The van der Waals surface area contributed by atoms with Crippen LogP contribution in [0.4, 0.5) is 11.8 Å². The quantitative estimate of drug-likeness (QED) is 0.856. The molecular weight excluding hydrogens is 242 g/mol. The summed E-state index contributed by atoms with van der Waals surface area (Å²) in [5.41, 5.74) is 6.63. The van der Waals surface area contributed by atoms with Crippen molar-refractivity contribution in [3.63, 3.8) is 0 Å². The fraction of sp³-hybridized carbons (Fsp3) is 0.692. The molecule has 1 aliphatic heterocycles. The second-order valence-corrected chi connectivity index (χ2v) is 5.05. The number of methoxy groups -OCH3 is 1. The largest absolute Gasteiger partial charge is 0.383 e. The number of aryl methyl sites for hydroxylation is 1. The van der Waals surface area contributed by atoms with Crippen LogP contribution in [0.2, 0.25) is 0 Å². The Morgan fingerprint density at radius 2 is 2.21 bits per heavy atom. The average molecular weight is 265 g/mol. The standard InChI is InChI=1S/C13H23N5O/c1-10-8-12(16-13(14)15-10)18-5-4-17(6-7-19-3)11(2)9-18/h8,11H,4-7,9H2,1-3H3,(H2,14,15,16). The lowest BCUT2D eigenvalue weighted by molar-refractivity contribution is 0.117. The van der Waals surface area contributed by atoms with Gasteiger partial charge in [0, 0.05) is 51.1 Å². The Kier molecular flexibility index (Phi) is 4.55. The number of nitrogens with zero attached hydrogens (tertiary/aromatic N) is 4. The SMILES string of the molecule is COCCN1CCN(c2cc(C)nc(N)n2)CC1C.